The zero-order valence-corrected chi connectivity index (χ0v) is 17.1. The minimum absolute atomic E-state index is 0.831. The first kappa shape index (κ1) is 22.3. The van der Waals surface area contributed by atoms with Gasteiger partial charge in [-0.25, -0.2) is 0 Å². The van der Waals surface area contributed by atoms with Gasteiger partial charge in [0.15, 0.2) is 6.29 Å². The van der Waals surface area contributed by atoms with Crippen LogP contribution in [-0.4, -0.2) is 12.0 Å². The lowest BCUT2D eigenvalue weighted by Crippen LogP contribution is -1.87. The summed E-state index contributed by atoms with van der Waals surface area (Å²) in [5.41, 5.74) is 0.831. The molecule has 1 aromatic rings. The summed E-state index contributed by atoms with van der Waals surface area (Å²) in [5.74, 6) is 1.13. The van der Waals surface area contributed by atoms with Crippen molar-refractivity contribution in [3.63, 3.8) is 0 Å². The third-order valence-corrected chi connectivity index (χ3v) is 5.98. The molecule has 0 amide bonds. The Morgan fingerprint density at radius 3 is 1.72 bits per heavy atom. The van der Waals surface area contributed by atoms with Crippen LogP contribution in [0.1, 0.15) is 107 Å². The molecule has 0 aromatic heterocycles. The maximum atomic E-state index is 11.0. The number of hydrogen-bond donors (Lipinski definition) is 0. The average Bonchev–Trinajstić information content (AvgIpc) is 2.65. The summed E-state index contributed by atoms with van der Waals surface area (Å²) in [6.07, 6.45) is 20.6. The molecule has 2 heteroatoms. The van der Waals surface area contributed by atoms with E-state index in [1.165, 1.54) is 89.9 Å². The molecule has 142 valence electrons. The quantitative estimate of drug-likeness (QED) is 0.158. The first-order chi connectivity index (χ1) is 12.4. The fourth-order valence-electron chi connectivity index (χ4n) is 3.19. The van der Waals surface area contributed by atoms with Crippen LogP contribution in [0.25, 0.3) is 0 Å². The molecule has 0 aliphatic heterocycles. The molecule has 0 unspecified atom stereocenters. The van der Waals surface area contributed by atoms with E-state index in [0.29, 0.717) is 0 Å². The number of thioether (sulfide) groups is 1. The molecule has 25 heavy (non-hydrogen) atoms. The van der Waals surface area contributed by atoms with Gasteiger partial charge in [0, 0.05) is 10.5 Å². The summed E-state index contributed by atoms with van der Waals surface area (Å²) in [4.78, 5) is 12.1. The minimum Gasteiger partial charge on any atom is -0.298 e. The van der Waals surface area contributed by atoms with E-state index in [9.17, 15) is 4.79 Å². The number of aldehydes is 1. The monoisotopic (exact) mass is 362 g/mol. The number of carbonyl (C=O) groups is 1. The van der Waals surface area contributed by atoms with Gasteiger partial charge in [-0.3, -0.25) is 4.79 Å². The van der Waals surface area contributed by atoms with Crippen molar-refractivity contribution in [1.82, 2.24) is 0 Å². The van der Waals surface area contributed by atoms with Crippen LogP contribution in [0, 0.1) is 0 Å². The number of hydrogen-bond acceptors (Lipinski definition) is 2. The van der Waals surface area contributed by atoms with Crippen molar-refractivity contribution < 1.29 is 4.79 Å². The smallest absolute Gasteiger partial charge is 0.151 e. The highest BCUT2D eigenvalue weighted by atomic mass is 32.2. The highest BCUT2D eigenvalue weighted by Gasteiger charge is 2.00. The second kappa shape index (κ2) is 16.7. The zero-order chi connectivity index (χ0) is 18.0. The van der Waals surface area contributed by atoms with Crippen molar-refractivity contribution in [2.75, 3.05) is 5.75 Å². The topological polar surface area (TPSA) is 17.1 Å². The Labute approximate surface area is 160 Å². The summed E-state index contributed by atoms with van der Waals surface area (Å²) < 4.78 is 0. The fraction of sp³-hybridized carbons (Fsp3) is 0.696. The lowest BCUT2D eigenvalue weighted by molar-refractivity contribution is 0.112. The van der Waals surface area contributed by atoms with E-state index >= 15 is 0 Å². The Morgan fingerprint density at radius 1 is 0.720 bits per heavy atom. The molecular weight excluding hydrogens is 324 g/mol. The Hall–Kier alpha value is -0.760. The van der Waals surface area contributed by atoms with E-state index in [-0.39, 0.29) is 0 Å². The lowest BCUT2D eigenvalue weighted by atomic mass is 10.0. The second-order valence-corrected chi connectivity index (χ2v) is 8.24. The van der Waals surface area contributed by atoms with Crippen molar-refractivity contribution in [1.29, 1.82) is 0 Å². The molecule has 0 N–H and O–H groups in total. The molecule has 0 radical (unpaired) electrons. The first-order valence-electron chi connectivity index (χ1n) is 10.6. The average molecular weight is 363 g/mol. The van der Waals surface area contributed by atoms with Gasteiger partial charge < -0.3 is 0 Å². The minimum atomic E-state index is 0.831. The largest absolute Gasteiger partial charge is 0.298 e. The van der Waals surface area contributed by atoms with Crippen molar-refractivity contribution in [3.05, 3.63) is 29.8 Å². The van der Waals surface area contributed by atoms with Crippen LogP contribution >= 0.6 is 11.8 Å². The molecule has 0 aliphatic carbocycles. The normalized spacial score (nSPS) is 10.9. The van der Waals surface area contributed by atoms with Crippen molar-refractivity contribution in [3.8, 4) is 0 Å². The van der Waals surface area contributed by atoms with Crippen LogP contribution in [0.2, 0.25) is 0 Å². The fourth-order valence-corrected chi connectivity index (χ4v) is 4.21. The van der Waals surface area contributed by atoms with Crippen LogP contribution in [0.5, 0.6) is 0 Å². The van der Waals surface area contributed by atoms with Gasteiger partial charge >= 0.3 is 0 Å². The molecule has 1 nitrogen and oxygen atoms in total. The molecule has 0 atom stereocenters. The lowest BCUT2D eigenvalue weighted by Gasteiger charge is -2.05. The highest BCUT2D eigenvalue weighted by molar-refractivity contribution is 7.99. The van der Waals surface area contributed by atoms with E-state index in [1.54, 1.807) is 0 Å². The van der Waals surface area contributed by atoms with Gasteiger partial charge in [-0.05, 0) is 18.2 Å². The summed E-state index contributed by atoms with van der Waals surface area (Å²) in [5, 5.41) is 0. The molecule has 0 fully saturated rings. The van der Waals surface area contributed by atoms with E-state index < -0.39 is 0 Å². The van der Waals surface area contributed by atoms with Gasteiger partial charge in [-0.15, -0.1) is 11.8 Å². The molecule has 0 spiro atoms. The molecular formula is C23H38OS. The maximum absolute atomic E-state index is 11.0. The predicted octanol–water partition coefficient (Wildman–Crippen LogP) is 8.07. The Morgan fingerprint density at radius 2 is 1.20 bits per heavy atom. The van der Waals surface area contributed by atoms with Crippen molar-refractivity contribution >= 4 is 18.0 Å². The molecule has 1 rings (SSSR count). The van der Waals surface area contributed by atoms with Crippen LogP contribution in [0.4, 0.5) is 0 Å². The summed E-state index contributed by atoms with van der Waals surface area (Å²) in [6.45, 7) is 2.28. The van der Waals surface area contributed by atoms with Crippen LogP contribution in [0.15, 0.2) is 29.2 Å². The van der Waals surface area contributed by atoms with E-state index in [4.69, 9.17) is 0 Å². The zero-order valence-electron chi connectivity index (χ0n) is 16.3. The number of carbonyl (C=O) groups excluding carboxylic acids is 1. The predicted molar refractivity (Wildman–Crippen MR) is 113 cm³/mol. The molecule has 0 bridgehead atoms. The molecule has 0 aliphatic rings. The van der Waals surface area contributed by atoms with E-state index in [2.05, 4.69) is 13.0 Å². The van der Waals surface area contributed by atoms with Crippen molar-refractivity contribution in [2.45, 2.75) is 102 Å². The number of unbranched alkanes of at least 4 members (excludes halogenated alkanes) is 13. The van der Waals surface area contributed by atoms with E-state index in [1.807, 2.05) is 30.0 Å². The standard InChI is InChI=1S/C23H38OS/c1-2-3-4-5-6-7-8-9-10-11-12-13-14-17-20-25-23-19-16-15-18-22(23)21-24/h15-16,18-19,21H,2-14,17,20H2,1H3. The molecule has 0 saturated heterocycles. The van der Waals surface area contributed by atoms with Gasteiger partial charge in [0.2, 0.25) is 0 Å². The first-order valence-corrected chi connectivity index (χ1v) is 11.5. The Kier molecular flexibility index (Phi) is 14.9. The van der Waals surface area contributed by atoms with Gasteiger partial charge in [-0.2, -0.15) is 0 Å². The summed E-state index contributed by atoms with van der Waals surface area (Å²) in [7, 11) is 0. The maximum Gasteiger partial charge on any atom is 0.151 e. The summed E-state index contributed by atoms with van der Waals surface area (Å²) >= 11 is 1.82. The number of rotatable bonds is 17. The second-order valence-electron chi connectivity index (χ2n) is 7.10. The van der Waals surface area contributed by atoms with Crippen LogP contribution < -0.4 is 0 Å². The number of benzene rings is 1. The van der Waals surface area contributed by atoms with Gasteiger partial charge in [0.1, 0.15) is 0 Å². The van der Waals surface area contributed by atoms with Crippen LogP contribution in [-0.2, 0) is 0 Å². The third-order valence-electron chi connectivity index (χ3n) is 4.80. The summed E-state index contributed by atoms with van der Waals surface area (Å²) in [6, 6.07) is 7.90. The van der Waals surface area contributed by atoms with Gasteiger partial charge in [0.25, 0.3) is 0 Å². The molecule has 0 saturated carbocycles. The highest BCUT2D eigenvalue weighted by Crippen LogP contribution is 2.23. The van der Waals surface area contributed by atoms with Crippen molar-refractivity contribution in [2.24, 2.45) is 0 Å². The SMILES string of the molecule is CCCCCCCCCCCCCCCCSc1ccccc1C=O. The van der Waals surface area contributed by atoms with Crippen LogP contribution in [0.3, 0.4) is 0 Å². The van der Waals surface area contributed by atoms with Gasteiger partial charge in [-0.1, -0.05) is 109 Å². The van der Waals surface area contributed by atoms with E-state index in [0.717, 1.165) is 22.5 Å². The van der Waals surface area contributed by atoms with Gasteiger partial charge in [0.05, 0.1) is 0 Å². The third kappa shape index (κ3) is 12.3. The molecule has 1 aromatic carbocycles. The Bertz CT molecular complexity index is 430. The Balaban J connectivity index is 1.82. The molecule has 0 heterocycles.